The van der Waals surface area contributed by atoms with Gasteiger partial charge in [-0.1, -0.05) is 32.6 Å². The molecular weight excluding hydrogens is 110 g/mol. The molecule has 0 aliphatic carbocycles. The molecule has 0 radical (unpaired) electrons. The van der Waals surface area contributed by atoms with Crippen molar-refractivity contribution in [3.8, 4) is 12.5 Å². The highest BCUT2D eigenvalue weighted by Gasteiger charge is 1.83. The molecule has 0 heterocycles. The van der Waals surface area contributed by atoms with Crippen LogP contribution in [0.1, 0.15) is 32.6 Å². The number of nitrogens with one attached hydrogen (secondary N) is 1. The van der Waals surface area contributed by atoms with E-state index in [-0.39, 0.29) is 0 Å². The van der Waals surface area contributed by atoms with Gasteiger partial charge in [0.25, 0.3) is 0 Å². The van der Waals surface area contributed by atoms with Crippen LogP contribution in [0.3, 0.4) is 0 Å². The summed E-state index contributed by atoms with van der Waals surface area (Å²) >= 11 is 0. The molecule has 1 nitrogen and oxygen atoms in total. The van der Waals surface area contributed by atoms with Gasteiger partial charge < -0.3 is 5.32 Å². The summed E-state index contributed by atoms with van der Waals surface area (Å²) in [6.45, 7) is 3.17. The van der Waals surface area contributed by atoms with E-state index in [2.05, 4.69) is 18.3 Å². The highest BCUT2D eigenvalue weighted by Crippen LogP contribution is 1.96. The van der Waals surface area contributed by atoms with Gasteiger partial charge >= 0.3 is 0 Å². The minimum atomic E-state index is 0.969. The second-order valence-electron chi connectivity index (χ2n) is 2.13. The van der Waals surface area contributed by atoms with Gasteiger partial charge in [-0.15, -0.1) is 0 Å². The number of hydrogen-bond acceptors (Lipinski definition) is 1. The third-order valence-electron chi connectivity index (χ3n) is 1.26. The van der Waals surface area contributed by atoms with E-state index in [0.29, 0.717) is 0 Å². The van der Waals surface area contributed by atoms with E-state index in [1.54, 1.807) is 0 Å². The number of unbranched alkanes of at least 4 members (excludes halogenated alkanes) is 3. The van der Waals surface area contributed by atoms with Gasteiger partial charge in [0.1, 0.15) is 0 Å². The van der Waals surface area contributed by atoms with Crippen LogP contribution in [-0.2, 0) is 0 Å². The van der Waals surface area contributed by atoms with Crippen LogP contribution in [0.25, 0.3) is 0 Å². The maximum atomic E-state index is 4.98. The molecule has 0 unspecified atom stereocenters. The molecule has 1 N–H and O–H groups in total. The first-order valence-corrected chi connectivity index (χ1v) is 3.60. The van der Waals surface area contributed by atoms with Crippen LogP contribution in [0.15, 0.2) is 0 Å². The first-order valence-electron chi connectivity index (χ1n) is 3.60. The van der Waals surface area contributed by atoms with Crippen molar-refractivity contribution in [3.63, 3.8) is 0 Å². The Morgan fingerprint density at radius 1 is 1.33 bits per heavy atom. The summed E-state index contributed by atoms with van der Waals surface area (Å²) in [7, 11) is 0. The van der Waals surface area contributed by atoms with Gasteiger partial charge in [-0.25, -0.2) is 0 Å². The van der Waals surface area contributed by atoms with Crippen molar-refractivity contribution < 1.29 is 0 Å². The molecule has 1 heteroatoms. The van der Waals surface area contributed by atoms with Crippen molar-refractivity contribution in [3.05, 3.63) is 0 Å². The van der Waals surface area contributed by atoms with Gasteiger partial charge in [-0.05, 0) is 6.42 Å². The molecule has 9 heavy (non-hydrogen) atoms. The van der Waals surface area contributed by atoms with Crippen molar-refractivity contribution in [2.45, 2.75) is 32.6 Å². The first kappa shape index (κ1) is 8.36. The molecule has 0 aromatic rings. The maximum Gasteiger partial charge on any atom is 0.0229 e. The van der Waals surface area contributed by atoms with E-state index in [1.807, 2.05) is 0 Å². The first-order chi connectivity index (χ1) is 4.41. The summed E-state index contributed by atoms with van der Waals surface area (Å²) in [5.74, 6) is 0. The fourth-order valence-corrected chi connectivity index (χ4v) is 0.712. The quantitative estimate of drug-likeness (QED) is 0.335. The SMILES string of the molecule is C#CNCCCCCC. The second kappa shape index (κ2) is 7.36. The molecule has 0 saturated carbocycles. The number of hydrogen-bond donors (Lipinski definition) is 1. The van der Waals surface area contributed by atoms with Gasteiger partial charge in [0.15, 0.2) is 0 Å². The lowest BCUT2D eigenvalue weighted by Crippen LogP contribution is -2.06. The van der Waals surface area contributed by atoms with Gasteiger partial charge in [0.05, 0.1) is 0 Å². The molecule has 0 bridgehead atoms. The van der Waals surface area contributed by atoms with E-state index in [0.717, 1.165) is 6.54 Å². The fraction of sp³-hybridized carbons (Fsp3) is 0.750. The Morgan fingerprint density at radius 2 is 2.11 bits per heavy atom. The summed E-state index contributed by atoms with van der Waals surface area (Å²) in [5, 5.41) is 2.83. The zero-order valence-corrected chi connectivity index (χ0v) is 6.11. The smallest absolute Gasteiger partial charge is 0.0229 e. The largest absolute Gasteiger partial charge is 0.346 e. The highest BCUT2D eigenvalue weighted by atomic mass is 14.8. The van der Waals surface area contributed by atoms with Crippen LogP contribution in [-0.4, -0.2) is 6.54 Å². The van der Waals surface area contributed by atoms with Crippen molar-refractivity contribution in [1.29, 1.82) is 0 Å². The van der Waals surface area contributed by atoms with Crippen LogP contribution in [0, 0.1) is 12.5 Å². The third-order valence-corrected chi connectivity index (χ3v) is 1.26. The standard InChI is InChI=1S/C8H15N/c1-3-5-6-7-8-9-4-2/h2,9H,3,5-8H2,1H3. The monoisotopic (exact) mass is 125 g/mol. The zero-order valence-electron chi connectivity index (χ0n) is 6.11. The molecule has 0 aliphatic rings. The molecule has 0 saturated heterocycles. The van der Waals surface area contributed by atoms with Gasteiger partial charge in [-0.3, -0.25) is 0 Å². The Bertz CT molecular complexity index is 81.1. The minimum absolute atomic E-state index is 0.969. The van der Waals surface area contributed by atoms with E-state index in [4.69, 9.17) is 6.42 Å². The van der Waals surface area contributed by atoms with Crippen molar-refractivity contribution in [1.82, 2.24) is 5.32 Å². The summed E-state index contributed by atoms with van der Waals surface area (Å²) < 4.78 is 0. The second-order valence-corrected chi connectivity index (χ2v) is 2.13. The summed E-state index contributed by atoms with van der Waals surface area (Å²) in [5.41, 5.74) is 0. The molecular formula is C8H15N. The van der Waals surface area contributed by atoms with Crippen molar-refractivity contribution in [2.75, 3.05) is 6.54 Å². The zero-order chi connectivity index (χ0) is 6.95. The number of terminal acetylenes is 1. The number of rotatable bonds is 5. The Balaban J connectivity index is 2.69. The molecule has 0 fully saturated rings. The molecule has 0 rings (SSSR count). The van der Waals surface area contributed by atoms with Crippen LogP contribution < -0.4 is 5.32 Å². The Labute approximate surface area is 57.8 Å². The predicted octanol–water partition coefficient (Wildman–Crippen LogP) is 1.75. The highest BCUT2D eigenvalue weighted by molar-refractivity contribution is 4.79. The molecule has 0 aromatic heterocycles. The third kappa shape index (κ3) is 7.36. The molecule has 0 aliphatic heterocycles. The lowest BCUT2D eigenvalue weighted by molar-refractivity contribution is 0.651. The summed E-state index contributed by atoms with van der Waals surface area (Å²) in [4.78, 5) is 0. The van der Waals surface area contributed by atoms with Gasteiger partial charge in [-0.2, -0.15) is 0 Å². The summed E-state index contributed by atoms with van der Waals surface area (Å²) in [6, 6.07) is 2.39. The maximum absolute atomic E-state index is 4.98. The topological polar surface area (TPSA) is 12.0 Å². The van der Waals surface area contributed by atoms with Crippen molar-refractivity contribution in [2.24, 2.45) is 0 Å². The van der Waals surface area contributed by atoms with E-state index >= 15 is 0 Å². The lowest BCUT2D eigenvalue weighted by Gasteiger charge is -1.96. The average Bonchev–Trinajstić information content (AvgIpc) is 1.89. The summed E-state index contributed by atoms with van der Waals surface area (Å²) in [6.07, 6.45) is 10.1. The van der Waals surface area contributed by atoms with Crippen LogP contribution in [0.5, 0.6) is 0 Å². The minimum Gasteiger partial charge on any atom is -0.346 e. The Morgan fingerprint density at radius 3 is 2.67 bits per heavy atom. The van der Waals surface area contributed by atoms with E-state index in [1.165, 1.54) is 25.7 Å². The lowest BCUT2D eigenvalue weighted by atomic mass is 10.2. The normalized spacial score (nSPS) is 8.44. The van der Waals surface area contributed by atoms with Crippen LogP contribution in [0.4, 0.5) is 0 Å². The van der Waals surface area contributed by atoms with E-state index < -0.39 is 0 Å². The van der Waals surface area contributed by atoms with Crippen molar-refractivity contribution >= 4 is 0 Å². The molecule has 0 atom stereocenters. The average molecular weight is 125 g/mol. The molecule has 0 amide bonds. The fourth-order valence-electron chi connectivity index (χ4n) is 0.712. The van der Waals surface area contributed by atoms with Gasteiger partial charge in [0, 0.05) is 12.6 Å². The molecule has 0 aromatic carbocycles. The molecule has 52 valence electrons. The predicted molar refractivity (Wildman–Crippen MR) is 41.0 cm³/mol. The van der Waals surface area contributed by atoms with E-state index in [9.17, 15) is 0 Å². The Kier molecular flexibility index (Phi) is 6.84. The van der Waals surface area contributed by atoms with Crippen LogP contribution >= 0.6 is 0 Å². The van der Waals surface area contributed by atoms with Gasteiger partial charge in [0.2, 0.25) is 0 Å². The Hall–Kier alpha value is -0.640. The van der Waals surface area contributed by atoms with Crippen LogP contribution in [0.2, 0.25) is 0 Å². The molecule has 0 spiro atoms.